The van der Waals surface area contributed by atoms with E-state index in [0.29, 0.717) is 41.4 Å². The van der Waals surface area contributed by atoms with E-state index in [9.17, 15) is 9.59 Å². The normalized spacial score (nSPS) is 15.4. The number of nitrogens with one attached hydrogen (secondary N) is 3. The molecule has 0 bridgehead atoms. The number of rotatable bonds is 6. The van der Waals surface area contributed by atoms with Gasteiger partial charge >= 0.3 is 6.03 Å². The molecule has 1 atom stereocenters. The van der Waals surface area contributed by atoms with Gasteiger partial charge in [-0.25, -0.2) is 14.2 Å². The van der Waals surface area contributed by atoms with Crippen molar-refractivity contribution in [2.45, 2.75) is 45.2 Å². The molecule has 11 nitrogen and oxygen atoms in total. The second-order valence-electron chi connectivity index (χ2n) is 11.2. The van der Waals surface area contributed by atoms with Crippen LogP contribution in [0.1, 0.15) is 49.0 Å². The Morgan fingerprint density at radius 1 is 1.23 bits per heavy atom. The van der Waals surface area contributed by atoms with E-state index >= 15 is 4.39 Å². The number of hydrogen-bond donors (Lipinski definition) is 3. The molecule has 1 aromatic carbocycles. The molecule has 1 aliphatic heterocycles. The smallest absolute Gasteiger partial charge is 0.319 e. The number of H-pyrrole nitrogens is 1. The molecule has 1 saturated heterocycles. The predicted octanol–water partition coefficient (Wildman–Crippen LogP) is 4.15. The molecule has 0 unspecified atom stereocenters. The van der Waals surface area contributed by atoms with Crippen molar-refractivity contribution >= 4 is 28.8 Å². The highest BCUT2D eigenvalue weighted by atomic mass is 19.1. The fourth-order valence-electron chi connectivity index (χ4n) is 4.68. The first-order valence-electron chi connectivity index (χ1n) is 13.1. The van der Waals surface area contributed by atoms with Crippen molar-refractivity contribution in [3.05, 3.63) is 59.4 Å². The summed E-state index contributed by atoms with van der Waals surface area (Å²) in [5.41, 5.74) is 2.18. The zero-order chi connectivity index (χ0) is 28.6. The van der Waals surface area contributed by atoms with Crippen molar-refractivity contribution in [3.8, 4) is 11.1 Å². The van der Waals surface area contributed by atoms with Crippen LogP contribution in [0.25, 0.3) is 22.2 Å². The summed E-state index contributed by atoms with van der Waals surface area (Å²) in [4.78, 5) is 32.6. The van der Waals surface area contributed by atoms with Gasteiger partial charge in [-0.1, -0.05) is 38.1 Å². The molecular weight excluding hydrogens is 515 g/mol. The van der Waals surface area contributed by atoms with Gasteiger partial charge in [0, 0.05) is 63.0 Å². The first kappa shape index (κ1) is 27.1. The van der Waals surface area contributed by atoms with Gasteiger partial charge in [-0.05, 0) is 29.7 Å². The van der Waals surface area contributed by atoms with Gasteiger partial charge in [0.25, 0.3) is 5.91 Å². The van der Waals surface area contributed by atoms with Crippen LogP contribution in [-0.2, 0) is 12.0 Å². The predicted molar refractivity (Wildman–Crippen MR) is 148 cm³/mol. The molecule has 3 N–H and O–H groups in total. The maximum Gasteiger partial charge on any atom is 0.319 e. The summed E-state index contributed by atoms with van der Waals surface area (Å²) in [5.74, 6) is 0.300. The van der Waals surface area contributed by atoms with Crippen LogP contribution < -0.4 is 10.6 Å². The topological polar surface area (TPSA) is 132 Å². The molecule has 4 heterocycles. The monoisotopic (exact) mass is 548 g/mol. The van der Waals surface area contributed by atoms with Crippen LogP contribution in [0.15, 0.2) is 41.1 Å². The van der Waals surface area contributed by atoms with Crippen molar-refractivity contribution in [3.63, 3.8) is 0 Å². The summed E-state index contributed by atoms with van der Waals surface area (Å²) in [6, 6.07) is 8.30. The highest BCUT2D eigenvalue weighted by Gasteiger charge is 2.28. The second kappa shape index (κ2) is 10.6. The van der Waals surface area contributed by atoms with Crippen LogP contribution in [-0.4, -0.2) is 75.3 Å². The van der Waals surface area contributed by atoms with Gasteiger partial charge in [0.05, 0.1) is 5.39 Å². The van der Waals surface area contributed by atoms with E-state index in [-0.39, 0.29) is 29.7 Å². The van der Waals surface area contributed by atoms with E-state index in [4.69, 9.17) is 4.52 Å². The Labute approximate surface area is 231 Å². The molecule has 4 aromatic rings. The van der Waals surface area contributed by atoms with Crippen LogP contribution >= 0.6 is 0 Å². The van der Waals surface area contributed by atoms with Crippen LogP contribution in [0.5, 0.6) is 0 Å². The Morgan fingerprint density at radius 3 is 2.73 bits per heavy atom. The average molecular weight is 549 g/mol. The number of aromatic nitrogens is 4. The van der Waals surface area contributed by atoms with Gasteiger partial charge < -0.3 is 25.0 Å². The summed E-state index contributed by atoms with van der Waals surface area (Å²) in [5, 5.41) is 18.1. The number of likely N-dealkylation sites (tertiary alicyclic amines) is 1. The molecule has 40 heavy (non-hydrogen) atoms. The number of nitrogens with zero attached hydrogens (tertiary/aromatic N) is 5. The first-order chi connectivity index (χ1) is 19.0. The molecule has 0 radical (unpaired) electrons. The van der Waals surface area contributed by atoms with E-state index < -0.39 is 11.7 Å². The number of pyridine rings is 1. The Balaban J connectivity index is 1.31. The highest BCUT2D eigenvalue weighted by molar-refractivity contribution is 6.00. The number of anilines is 1. The van der Waals surface area contributed by atoms with Gasteiger partial charge in [0.1, 0.15) is 11.6 Å². The lowest BCUT2D eigenvalue weighted by atomic mass is 9.93. The molecular formula is C28H33FN8O3. The zero-order valence-electron chi connectivity index (χ0n) is 23.2. The van der Waals surface area contributed by atoms with E-state index in [2.05, 4.69) is 31.0 Å². The Bertz CT molecular complexity index is 1550. The molecule has 0 aliphatic carbocycles. The van der Waals surface area contributed by atoms with Crippen LogP contribution in [0.4, 0.5) is 15.0 Å². The standard InChI is InChI=1S/C28H33FN8O3/c1-28(2,3)22-13-21(35-40-22)26(38)31-14-17-7-6-16(12-20(17)29)19-8-10-30-24-23(19)25(34-33-24)32-18-9-11-37(15-18)27(39)36(4)5/h6-8,10,12-13,18H,9,11,14-15H2,1-5H3,(H,31,38)(H2,30,32,33,34)/t18-/m1/s1. The number of hydrogen-bond acceptors (Lipinski definition) is 7. The molecule has 3 aromatic heterocycles. The minimum atomic E-state index is -0.454. The van der Waals surface area contributed by atoms with Crippen LogP contribution in [0.3, 0.4) is 0 Å². The minimum Gasteiger partial charge on any atom is -0.363 e. The highest BCUT2D eigenvalue weighted by Crippen LogP contribution is 2.33. The molecule has 12 heteroatoms. The van der Waals surface area contributed by atoms with Crippen molar-refractivity contribution in [2.75, 3.05) is 32.5 Å². The average Bonchev–Trinajstić information content (AvgIpc) is 3.67. The maximum absolute atomic E-state index is 15.2. The number of carbonyl (C=O) groups is 2. The van der Waals surface area contributed by atoms with Crippen molar-refractivity contribution in [2.24, 2.45) is 0 Å². The SMILES string of the molecule is CN(C)C(=O)N1CC[C@@H](Nc2n[nH]c3nccc(-c4ccc(CNC(=O)c5cc(C(C)(C)C)on5)c(F)c4)c23)C1. The third-order valence-corrected chi connectivity index (χ3v) is 6.93. The van der Waals surface area contributed by atoms with Crippen molar-refractivity contribution < 1.29 is 18.5 Å². The van der Waals surface area contributed by atoms with E-state index in [1.165, 1.54) is 6.07 Å². The lowest BCUT2D eigenvalue weighted by Gasteiger charge is -2.21. The number of amides is 3. The fourth-order valence-corrected chi connectivity index (χ4v) is 4.68. The third kappa shape index (κ3) is 5.47. The summed E-state index contributed by atoms with van der Waals surface area (Å²) in [6.07, 6.45) is 2.42. The number of halogens is 1. The summed E-state index contributed by atoms with van der Waals surface area (Å²) < 4.78 is 20.5. The maximum atomic E-state index is 15.2. The van der Waals surface area contributed by atoms with E-state index in [1.807, 2.05) is 26.8 Å². The van der Waals surface area contributed by atoms with E-state index in [1.54, 1.807) is 48.3 Å². The quantitative estimate of drug-likeness (QED) is 0.330. The second-order valence-corrected chi connectivity index (χ2v) is 11.2. The van der Waals surface area contributed by atoms with Crippen molar-refractivity contribution in [1.82, 2.24) is 35.5 Å². The van der Waals surface area contributed by atoms with Gasteiger partial charge in [-0.3, -0.25) is 9.89 Å². The summed E-state index contributed by atoms with van der Waals surface area (Å²) >= 11 is 0. The zero-order valence-corrected chi connectivity index (χ0v) is 23.2. The van der Waals surface area contributed by atoms with Gasteiger partial charge in [0.2, 0.25) is 0 Å². The molecule has 3 amide bonds. The van der Waals surface area contributed by atoms with Crippen LogP contribution in [0, 0.1) is 5.82 Å². The molecule has 5 rings (SSSR count). The molecule has 1 aliphatic rings. The Hall–Kier alpha value is -4.48. The molecule has 210 valence electrons. The largest absolute Gasteiger partial charge is 0.363 e. The first-order valence-corrected chi connectivity index (χ1v) is 13.1. The molecule has 0 spiro atoms. The summed E-state index contributed by atoms with van der Waals surface area (Å²) in [7, 11) is 3.47. The molecule has 1 fully saturated rings. The van der Waals surface area contributed by atoms with Gasteiger partial charge in [-0.15, -0.1) is 0 Å². The van der Waals surface area contributed by atoms with Crippen molar-refractivity contribution in [1.29, 1.82) is 0 Å². The lowest BCUT2D eigenvalue weighted by molar-refractivity contribution is 0.0941. The molecule has 0 saturated carbocycles. The fraction of sp³-hybridized carbons (Fsp3) is 0.393. The third-order valence-electron chi connectivity index (χ3n) is 6.93. The van der Waals surface area contributed by atoms with E-state index in [0.717, 1.165) is 17.4 Å². The van der Waals surface area contributed by atoms with Gasteiger partial charge in [0.15, 0.2) is 17.2 Å². The van der Waals surface area contributed by atoms with Crippen LogP contribution in [0.2, 0.25) is 0 Å². The Morgan fingerprint density at radius 2 is 2.02 bits per heavy atom. The van der Waals surface area contributed by atoms with Gasteiger partial charge in [-0.2, -0.15) is 5.10 Å². The number of carbonyl (C=O) groups excluding carboxylic acids is 2. The number of fused-ring (bicyclic) bond motifs is 1. The number of urea groups is 1. The lowest BCUT2D eigenvalue weighted by Crippen LogP contribution is -2.38. The summed E-state index contributed by atoms with van der Waals surface area (Å²) in [6.45, 7) is 7.09. The number of benzene rings is 1. The number of aromatic amines is 1. The minimum absolute atomic E-state index is 0.00320. The Kier molecular flexibility index (Phi) is 7.17.